The van der Waals surface area contributed by atoms with E-state index in [9.17, 15) is 18.0 Å². The maximum atomic E-state index is 13.7. The fraction of sp³-hybridized carbons (Fsp3) is 0.269. The molecule has 0 fully saturated rings. The van der Waals surface area contributed by atoms with Crippen molar-refractivity contribution in [1.29, 1.82) is 5.26 Å². The van der Waals surface area contributed by atoms with E-state index in [0.29, 0.717) is 53.4 Å². The van der Waals surface area contributed by atoms with Crippen molar-refractivity contribution in [3.63, 3.8) is 0 Å². The van der Waals surface area contributed by atoms with Gasteiger partial charge in [0.25, 0.3) is 5.91 Å². The number of anilines is 2. The van der Waals surface area contributed by atoms with E-state index in [2.05, 4.69) is 26.7 Å². The highest BCUT2D eigenvalue weighted by atomic mass is 19.4. The molecule has 0 radical (unpaired) electrons. The molecule has 0 aliphatic carbocycles. The molecule has 38 heavy (non-hydrogen) atoms. The van der Waals surface area contributed by atoms with Crippen LogP contribution in [0.5, 0.6) is 0 Å². The van der Waals surface area contributed by atoms with Crippen LogP contribution in [0.2, 0.25) is 0 Å². The normalized spacial score (nSPS) is 13.1. The molecule has 12 heteroatoms. The highest BCUT2D eigenvalue weighted by Gasteiger charge is 2.39. The van der Waals surface area contributed by atoms with E-state index in [1.54, 1.807) is 41.0 Å². The van der Waals surface area contributed by atoms with Crippen molar-refractivity contribution in [1.82, 2.24) is 24.5 Å². The molecule has 194 valence electrons. The molecule has 0 unspecified atom stereocenters. The van der Waals surface area contributed by atoms with Gasteiger partial charge in [-0.2, -0.15) is 23.5 Å². The number of carbonyl (C=O) groups excluding carboxylic acids is 1. The SMILES string of the molecule is Cn1cnnc1-c1cnn(C)c1-c1cc(NCCCC#N)cc(N2Cc3c(cccc3C(F)(F)F)C2=O)c1. The van der Waals surface area contributed by atoms with Crippen molar-refractivity contribution < 1.29 is 18.0 Å². The van der Waals surface area contributed by atoms with Crippen LogP contribution < -0.4 is 10.2 Å². The largest absolute Gasteiger partial charge is 0.416 e. The summed E-state index contributed by atoms with van der Waals surface area (Å²) in [5.74, 6) is 0.0821. The third-order valence-corrected chi connectivity index (χ3v) is 6.46. The van der Waals surface area contributed by atoms with Crippen LogP contribution in [-0.4, -0.2) is 37.0 Å². The first kappa shape index (κ1) is 25.0. The first-order valence-electron chi connectivity index (χ1n) is 11.8. The van der Waals surface area contributed by atoms with Gasteiger partial charge in [-0.25, -0.2) is 0 Å². The van der Waals surface area contributed by atoms with Gasteiger partial charge in [0.15, 0.2) is 5.82 Å². The molecule has 1 aliphatic heterocycles. The van der Waals surface area contributed by atoms with Crippen molar-refractivity contribution in [3.8, 4) is 28.7 Å². The van der Waals surface area contributed by atoms with Gasteiger partial charge in [-0.05, 0) is 42.3 Å². The molecule has 4 aromatic rings. The number of fused-ring (bicyclic) bond motifs is 1. The molecule has 1 aliphatic rings. The van der Waals surface area contributed by atoms with Gasteiger partial charge in [0.05, 0.1) is 35.6 Å². The van der Waals surface area contributed by atoms with E-state index < -0.39 is 17.6 Å². The highest BCUT2D eigenvalue weighted by molar-refractivity contribution is 6.10. The monoisotopic (exact) mass is 520 g/mol. The molecule has 2 aromatic carbocycles. The summed E-state index contributed by atoms with van der Waals surface area (Å²) in [5.41, 5.74) is 2.35. The summed E-state index contributed by atoms with van der Waals surface area (Å²) in [7, 11) is 3.58. The number of amides is 1. The number of aryl methyl sites for hydroxylation is 2. The molecule has 5 rings (SSSR count). The number of hydrogen-bond donors (Lipinski definition) is 1. The first-order chi connectivity index (χ1) is 18.2. The van der Waals surface area contributed by atoms with Gasteiger partial charge in [0, 0.05) is 49.6 Å². The fourth-order valence-corrected chi connectivity index (χ4v) is 4.68. The number of halogens is 3. The highest BCUT2D eigenvalue weighted by Crippen LogP contribution is 2.41. The summed E-state index contributed by atoms with van der Waals surface area (Å²) in [6, 6.07) is 11.1. The molecule has 1 N–H and O–H groups in total. The zero-order valence-electron chi connectivity index (χ0n) is 20.6. The van der Waals surface area contributed by atoms with Gasteiger partial charge in [0.2, 0.25) is 0 Å². The number of unbranched alkanes of at least 4 members (excludes halogenated alkanes) is 1. The number of nitrogens with zero attached hydrogens (tertiary/aromatic N) is 7. The Morgan fingerprint density at radius 3 is 2.68 bits per heavy atom. The molecule has 9 nitrogen and oxygen atoms in total. The Kier molecular flexibility index (Phi) is 6.36. The van der Waals surface area contributed by atoms with Gasteiger partial charge < -0.3 is 14.8 Å². The fourth-order valence-electron chi connectivity index (χ4n) is 4.68. The molecular formula is C26H23F3N8O. The average molecular weight is 521 g/mol. The Balaban J connectivity index is 1.60. The molecule has 3 heterocycles. The minimum Gasteiger partial charge on any atom is -0.385 e. The van der Waals surface area contributed by atoms with Crippen LogP contribution in [-0.2, 0) is 26.8 Å². The van der Waals surface area contributed by atoms with E-state index in [1.165, 1.54) is 17.0 Å². The van der Waals surface area contributed by atoms with Crippen molar-refractivity contribution in [2.75, 3.05) is 16.8 Å². The van der Waals surface area contributed by atoms with Crippen molar-refractivity contribution in [3.05, 3.63) is 65.6 Å². The quantitative estimate of drug-likeness (QED) is 0.352. The van der Waals surface area contributed by atoms with E-state index >= 15 is 0 Å². The molecule has 0 spiro atoms. The minimum atomic E-state index is -4.57. The Morgan fingerprint density at radius 2 is 1.97 bits per heavy atom. The van der Waals surface area contributed by atoms with Gasteiger partial charge in [-0.15, -0.1) is 10.2 Å². The van der Waals surface area contributed by atoms with E-state index in [1.807, 2.05) is 13.1 Å². The zero-order chi connectivity index (χ0) is 27.0. The van der Waals surface area contributed by atoms with Crippen LogP contribution >= 0.6 is 0 Å². The smallest absolute Gasteiger partial charge is 0.385 e. The first-order valence-corrected chi connectivity index (χ1v) is 11.8. The molecule has 0 atom stereocenters. The molecule has 2 aromatic heterocycles. The summed E-state index contributed by atoms with van der Waals surface area (Å²) in [6.45, 7) is 0.299. The summed E-state index contributed by atoms with van der Waals surface area (Å²) in [5, 5.41) is 24.7. The third kappa shape index (κ3) is 4.47. The predicted octanol–water partition coefficient (Wildman–Crippen LogP) is 4.78. The minimum absolute atomic E-state index is 0.0362. The van der Waals surface area contributed by atoms with Gasteiger partial charge in [-0.3, -0.25) is 9.48 Å². The van der Waals surface area contributed by atoms with Gasteiger partial charge in [0.1, 0.15) is 6.33 Å². The standard InChI is InChI=1S/C26H23F3N8O/c1-35-15-32-34-24(35)20-13-33-36(2)23(20)16-10-17(31-9-4-3-8-30)12-18(11-16)37-14-21-19(25(37)38)6-5-7-22(21)26(27,28)29/h5-7,10-13,15,31H,3-4,9,14H2,1-2H3. The predicted molar refractivity (Wildman–Crippen MR) is 134 cm³/mol. The molecular weight excluding hydrogens is 497 g/mol. The van der Waals surface area contributed by atoms with Crippen LogP contribution in [0.1, 0.15) is 34.3 Å². The second kappa shape index (κ2) is 9.66. The Labute approximate surface area is 216 Å². The number of nitriles is 1. The number of hydrogen-bond acceptors (Lipinski definition) is 6. The lowest BCUT2D eigenvalue weighted by Crippen LogP contribution is -2.23. The maximum absolute atomic E-state index is 13.7. The van der Waals surface area contributed by atoms with E-state index in [-0.39, 0.29) is 17.7 Å². The van der Waals surface area contributed by atoms with Crippen LogP contribution in [0.15, 0.2) is 48.9 Å². The number of benzene rings is 2. The van der Waals surface area contributed by atoms with Gasteiger partial charge in [-0.1, -0.05) is 6.07 Å². The van der Waals surface area contributed by atoms with Crippen LogP contribution in [0.4, 0.5) is 24.5 Å². The number of nitrogens with one attached hydrogen (secondary N) is 1. The Morgan fingerprint density at radius 1 is 1.16 bits per heavy atom. The van der Waals surface area contributed by atoms with Crippen LogP contribution in [0.25, 0.3) is 22.6 Å². The maximum Gasteiger partial charge on any atom is 0.416 e. The molecule has 0 saturated carbocycles. The number of aromatic nitrogens is 5. The number of rotatable bonds is 7. The average Bonchev–Trinajstić information content (AvgIpc) is 3.57. The molecule has 0 bridgehead atoms. The van der Waals surface area contributed by atoms with E-state index in [4.69, 9.17) is 5.26 Å². The topological polar surface area (TPSA) is 105 Å². The third-order valence-electron chi connectivity index (χ3n) is 6.46. The zero-order valence-corrected chi connectivity index (χ0v) is 20.6. The lowest BCUT2D eigenvalue weighted by atomic mass is 10.0. The van der Waals surface area contributed by atoms with Crippen molar-refractivity contribution in [2.45, 2.75) is 25.6 Å². The van der Waals surface area contributed by atoms with Crippen LogP contribution in [0.3, 0.4) is 0 Å². The number of alkyl halides is 3. The molecule has 1 amide bonds. The lowest BCUT2D eigenvalue weighted by Gasteiger charge is -2.20. The molecule has 0 saturated heterocycles. The van der Waals surface area contributed by atoms with Crippen molar-refractivity contribution >= 4 is 17.3 Å². The summed E-state index contributed by atoms with van der Waals surface area (Å²) < 4.78 is 44.5. The second-order valence-corrected chi connectivity index (χ2v) is 8.97. The second-order valence-electron chi connectivity index (χ2n) is 8.97. The summed E-state index contributed by atoms with van der Waals surface area (Å²) in [6.07, 6.45) is -0.356. The Hall–Kier alpha value is -4.66. The summed E-state index contributed by atoms with van der Waals surface area (Å²) in [4.78, 5) is 14.7. The Bertz CT molecular complexity index is 1560. The summed E-state index contributed by atoms with van der Waals surface area (Å²) >= 11 is 0. The van der Waals surface area contributed by atoms with Gasteiger partial charge >= 0.3 is 6.18 Å². The van der Waals surface area contributed by atoms with Crippen molar-refractivity contribution in [2.24, 2.45) is 14.1 Å². The van der Waals surface area contributed by atoms with E-state index in [0.717, 1.165) is 6.07 Å². The number of carbonyl (C=O) groups is 1. The van der Waals surface area contributed by atoms with Crippen LogP contribution in [0, 0.1) is 11.3 Å². The lowest BCUT2D eigenvalue weighted by molar-refractivity contribution is -0.138.